The van der Waals surface area contributed by atoms with Crippen LogP contribution in [0.25, 0.3) is 54.9 Å². The number of hydrogen-bond donors (Lipinski definition) is 0. The molecule has 7 aromatic carbocycles. The number of benzene rings is 7. The highest BCUT2D eigenvalue weighted by Crippen LogP contribution is 2.56. The van der Waals surface area contributed by atoms with E-state index in [0.717, 1.165) is 0 Å². The first-order valence-electron chi connectivity index (χ1n) is 14.3. The predicted octanol–water partition coefficient (Wildman–Crippen LogP) is 11.1. The molecular formula is C40H26S. The van der Waals surface area contributed by atoms with Gasteiger partial charge >= 0.3 is 0 Å². The molecule has 1 aliphatic heterocycles. The van der Waals surface area contributed by atoms with Gasteiger partial charge in [-0.15, -0.1) is 0 Å². The monoisotopic (exact) mass is 538 g/mol. The summed E-state index contributed by atoms with van der Waals surface area (Å²) in [7, 11) is 0. The zero-order valence-electron chi connectivity index (χ0n) is 22.7. The van der Waals surface area contributed by atoms with E-state index < -0.39 is 0 Å². The van der Waals surface area contributed by atoms with Crippen LogP contribution in [0.3, 0.4) is 0 Å². The van der Waals surface area contributed by atoms with E-state index in [-0.39, 0.29) is 5.41 Å². The lowest BCUT2D eigenvalue weighted by atomic mass is 9.72. The highest BCUT2D eigenvalue weighted by Gasteiger charge is 2.42. The van der Waals surface area contributed by atoms with Gasteiger partial charge in [-0.05, 0) is 85.8 Å². The topological polar surface area (TPSA) is 0 Å². The Labute approximate surface area is 244 Å². The normalized spacial score (nSPS) is 16.4. The van der Waals surface area contributed by atoms with Crippen molar-refractivity contribution >= 4 is 33.3 Å². The lowest BCUT2D eigenvalue weighted by Gasteiger charge is -2.30. The number of fused-ring (bicyclic) bond motifs is 7. The smallest absolute Gasteiger partial charge is 0.0441 e. The summed E-state index contributed by atoms with van der Waals surface area (Å²) in [6.45, 7) is 2.43. The van der Waals surface area contributed by atoms with Crippen molar-refractivity contribution in [1.82, 2.24) is 0 Å². The summed E-state index contributed by atoms with van der Waals surface area (Å²) in [6, 6.07) is 52.0. The van der Waals surface area contributed by atoms with Gasteiger partial charge in [0.25, 0.3) is 0 Å². The van der Waals surface area contributed by atoms with E-state index in [1.807, 2.05) is 11.8 Å². The molecule has 0 fully saturated rings. The molecule has 0 radical (unpaired) electrons. The lowest BCUT2D eigenvalue weighted by Crippen LogP contribution is -2.22. The van der Waals surface area contributed by atoms with Crippen LogP contribution in [0.15, 0.2) is 149 Å². The fourth-order valence-corrected chi connectivity index (χ4v) is 8.64. The van der Waals surface area contributed by atoms with Crippen molar-refractivity contribution in [2.75, 3.05) is 0 Å². The maximum Gasteiger partial charge on any atom is 0.0441 e. The first kappa shape index (κ1) is 23.1. The third kappa shape index (κ3) is 3.13. The summed E-state index contributed by atoms with van der Waals surface area (Å²) in [5.74, 6) is 0. The Hall–Kier alpha value is -4.59. The van der Waals surface area contributed by atoms with Crippen molar-refractivity contribution in [2.24, 2.45) is 0 Å². The van der Waals surface area contributed by atoms with Gasteiger partial charge in [-0.3, -0.25) is 0 Å². The zero-order valence-corrected chi connectivity index (χ0v) is 23.5. The first-order chi connectivity index (χ1) is 20.2. The third-order valence-corrected chi connectivity index (χ3v) is 10.4. The van der Waals surface area contributed by atoms with Gasteiger partial charge in [-0.1, -0.05) is 133 Å². The fourth-order valence-electron chi connectivity index (χ4n) is 7.45. The second kappa shape index (κ2) is 8.46. The molecule has 1 aliphatic carbocycles. The molecule has 2 aliphatic rings. The van der Waals surface area contributed by atoms with Gasteiger partial charge in [0.15, 0.2) is 0 Å². The third-order valence-electron chi connectivity index (χ3n) is 9.32. The Morgan fingerprint density at radius 1 is 0.512 bits per heavy atom. The van der Waals surface area contributed by atoms with Crippen LogP contribution in [0.1, 0.15) is 23.6 Å². The molecule has 7 aromatic rings. The molecule has 1 unspecified atom stereocenters. The molecule has 41 heavy (non-hydrogen) atoms. The number of hydrogen-bond acceptors (Lipinski definition) is 1. The summed E-state index contributed by atoms with van der Waals surface area (Å²) in [6.07, 6.45) is 0. The molecular weight excluding hydrogens is 513 g/mol. The van der Waals surface area contributed by atoms with E-state index in [4.69, 9.17) is 0 Å². The van der Waals surface area contributed by atoms with Gasteiger partial charge in [0, 0.05) is 26.2 Å². The predicted molar refractivity (Wildman–Crippen MR) is 174 cm³/mol. The van der Waals surface area contributed by atoms with E-state index in [2.05, 4.69) is 146 Å². The summed E-state index contributed by atoms with van der Waals surface area (Å²) < 4.78 is 0. The average molecular weight is 539 g/mol. The van der Waals surface area contributed by atoms with Crippen LogP contribution < -0.4 is 0 Å². The summed E-state index contributed by atoms with van der Waals surface area (Å²) in [5.41, 5.74) is 11.8. The minimum absolute atomic E-state index is 0.265. The number of rotatable bonds is 2. The highest BCUT2D eigenvalue weighted by atomic mass is 32.2. The van der Waals surface area contributed by atoms with Crippen molar-refractivity contribution in [3.05, 3.63) is 156 Å². The van der Waals surface area contributed by atoms with Gasteiger partial charge in [-0.2, -0.15) is 0 Å². The summed E-state index contributed by atoms with van der Waals surface area (Å²) in [5, 5.41) is 5.31. The van der Waals surface area contributed by atoms with E-state index in [0.29, 0.717) is 0 Å². The first-order valence-corrected chi connectivity index (χ1v) is 15.1. The van der Waals surface area contributed by atoms with Crippen LogP contribution in [0, 0.1) is 0 Å². The van der Waals surface area contributed by atoms with Crippen molar-refractivity contribution in [1.29, 1.82) is 0 Å². The van der Waals surface area contributed by atoms with E-state index in [9.17, 15) is 0 Å². The molecule has 0 saturated heterocycles. The molecule has 0 aromatic heterocycles. The molecule has 192 valence electrons. The fraction of sp³-hybridized carbons (Fsp3) is 0.0500. The second-order valence-corrected chi connectivity index (χ2v) is 12.5. The molecule has 0 N–H and O–H groups in total. The van der Waals surface area contributed by atoms with Crippen molar-refractivity contribution in [3.8, 4) is 33.4 Å². The van der Waals surface area contributed by atoms with Crippen LogP contribution in [-0.2, 0) is 5.41 Å². The molecule has 1 heterocycles. The Morgan fingerprint density at radius 3 is 2.12 bits per heavy atom. The summed E-state index contributed by atoms with van der Waals surface area (Å²) in [4.78, 5) is 2.67. The molecule has 9 rings (SSSR count). The minimum Gasteiger partial charge on any atom is -0.0888 e. The van der Waals surface area contributed by atoms with E-state index in [1.165, 1.54) is 81.4 Å². The average Bonchev–Trinajstić information content (AvgIpc) is 3.30. The van der Waals surface area contributed by atoms with Crippen LogP contribution in [0.2, 0.25) is 0 Å². The quantitative estimate of drug-likeness (QED) is 0.211. The standard InChI is InChI=1S/C40H26S/c1-40(28-13-3-2-4-14-28)34-24-27(21-22-31(34)32-23-20-25-10-5-6-15-30(25)39(32)40)29-16-9-19-36-38(29)33-17-7-11-26-12-8-18-35(41-36)37(26)33/h2-24H,1H3. The molecule has 1 heteroatoms. The SMILES string of the molecule is CC1(c2ccccc2)c2cc(-c3cccc4c3-c3cccc5cccc(c35)S4)ccc2-c2ccc3ccccc3c21. The van der Waals surface area contributed by atoms with Crippen molar-refractivity contribution < 1.29 is 0 Å². The van der Waals surface area contributed by atoms with Gasteiger partial charge < -0.3 is 0 Å². The largest absolute Gasteiger partial charge is 0.0888 e. The lowest BCUT2D eigenvalue weighted by molar-refractivity contribution is 0.720. The van der Waals surface area contributed by atoms with Crippen LogP contribution >= 0.6 is 11.8 Å². The van der Waals surface area contributed by atoms with Gasteiger partial charge in [0.2, 0.25) is 0 Å². The van der Waals surface area contributed by atoms with E-state index in [1.54, 1.807) is 0 Å². The van der Waals surface area contributed by atoms with Gasteiger partial charge in [0.1, 0.15) is 0 Å². The van der Waals surface area contributed by atoms with Crippen LogP contribution in [0.5, 0.6) is 0 Å². The van der Waals surface area contributed by atoms with Crippen molar-refractivity contribution in [3.63, 3.8) is 0 Å². The maximum absolute atomic E-state index is 2.48. The summed E-state index contributed by atoms with van der Waals surface area (Å²) >= 11 is 1.90. The Balaban J connectivity index is 1.33. The maximum atomic E-state index is 2.48. The Bertz CT molecular complexity index is 2180. The Kier molecular flexibility index (Phi) is 4.77. The molecule has 0 nitrogen and oxygen atoms in total. The Morgan fingerprint density at radius 2 is 1.22 bits per heavy atom. The van der Waals surface area contributed by atoms with Crippen LogP contribution in [0.4, 0.5) is 0 Å². The van der Waals surface area contributed by atoms with Crippen molar-refractivity contribution in [2.45, 2.75) is 22.1 Å². The minimum atomic E-state index is -0.265. The molecule has 0 spiro atoms. The van der Waals surface area contributed by atoms with E-state index >= 15 is 0 Å². The van der Waals surface area contributed by atoms with Crippen LogP contribution in [-0.4, -0.2) is 0 Å². The van der Waals surface area contributed by atoms with Gasteiger partial charge in [0.05, 0.1) is 0 Å². The molecule has 0 bridgehead atoms. The highest BCUT2D eigenvalue weighted by molar-refractivity contribution is 7.99. The zero-order chi connectivity index (χ0) is 27.1. The molecule has 0 saturated carbocycles. The van der Waals surface area contributed by atoms with Gasteiger partial charge in [-0.25, -0.2) is 0 Å². The second-order valence-electron chi connectivity index (χ2n) is 11.4. The molecule has 1 atom stereocenters. The molecule has 0 amide bonds.